The number of hydrogen-bond acceptors (Lipinski definition) is 5. The van der Waals surface area contributed by atoms with Crippen LogP contribution in [0.15, 0.2) is 23.1 Å². The Kier molecular flexibility index (Phi) is 6.66. The van der Waals surface area contributed by atoms with Crippen molar-refractivity contribution in [2.24, 2.45) is 0 Å². The third-order valence-electron chi connectivity index (χ3n) is 4.34. The lowest BCUT2D eigenvalue weighted by atomic mass is 9.95. The molecule has 0 aromatic heterocycles. The lowest BCUT2D eigenvalue weighted by Gasteiger charge is -2.24. The Morgan fingerprint density at radius 3 is 2.36 bits per heavy atom. The number of rotatable bonds is 7. The molecule has 8 heteroatoms. The summed E-state index contributed by atoms with van der Waals surface area (Å²) in [7, 11) is -0.943. The molecule has 0 spiro atoms. The molecule has 140 valence electrons. The maximum Gasteiger partial charge on any atom is 0.241 e. The van der Waals surface area contributed by atoms with Crippen LogP contribution in [0.1, 0.15) is 39.0 Å². The molecule has 0 saturated heterocycles. The van der Waals surface area contributed by atoms with Crippen molar-refractivity contribution in [2.75, 3.05) is 14.2 Å². The van der Waals surface area contributed by atoms with E-state index in [9.17, 15) is 13.2 Å². The fourth-order valence-corrected chi connectivity index (χ4v) is 4.13. The molecule has 0 aliphatic heterocycles. The first-order valence-electron chi connectivity index (χ1n) is 8.42. The SMILES string of the molecule is COc1ccc(S(=O)(=O)N[C@@H](C)C(=O)NC2CCCCC2)cc1OC. The maximum atomic E-state index is 12.5. The van der Waals surface area contributed by atoms with E-state index in [4.69, 9.17) is 9.47 Å². The van der Waals surface area contributed by atoms with Crippen LogP contribution >= 0.6 is 0 Å². The molecule has 0 unspecified atom stereocenters. The highest BCUT2D eigenvalue weighted by Gasteiger charge is 2.25. The quantitative estimate of drug-likeness (QED) is 0.764. The number of methoxy groups -OCH3 is 2. The zero-order valence-corrected chi connectivity index (χ0v) is 15.7. The highest BCUT2D eigenvalue weighted by atomic mass is 32.2. The van der Waals surface area contributed by atoms with Gasteiger partial charge in [-0.1, -0.05) is 19.3 Å². The Bertz CT molecular complexity index is 699. The molecule has 0 heterocycles. The first kappa shape index (κ1) is 19.5. The number of carbonyl (C=O) groups is 1. The fourth-order valence-electron chi connectivity index (χ4n) is 2.91. The van der Waals surface area contributed by atoms with Gasteiger partial charge >= 0.3 is 0 Å². The highest BCUT2D eigenvalue weighted by Crippen LogP contribution is 2.29. The number of sulfonamides is 1. The van der Waals surface area contributed by atoms with Gasteiger partial charge < -0.3 is 14.8 Å². The normalized spacial score (nSPS) is 16.9. The molecule has 1 aromatic rings. The van der Waals surface area contributed by atoms with Crippen LogP contribution in [0.3, 0.4) is 0 Å². The van der Waals surface area contributed by atoms with Crippen LogP contribution in [0.2, 0.25) is 0 Å². The predicted molar refractivity (Wildman–Crippen MR) is 94.3 cm³/mol. The summed E-state index contributed by atoms with van der Waals surface area (Å²) in [5.74, 6) is 0.435. The summed E-state index contributed by atoms with van der Waals surface area (Å²) >= 11 is 0. The van der Waals surface area contributed by atoms with E-state index in [1.807, 2.05) is 0 Å². The Labute approximate surface area is 149 Å². The summed E-state index contributed by atoms with van der Waals surface area (Å²) in [6.07, 6.45) is 5.27. The van der Waals surface area contributed by atoms with Gasteiger partial charge in [0.2, 0.25) is 15.9 Å². The van der Waals surface area contributed by atoms with E-state index in [1.54, 1.807) is 0 Å². The summed E-state index contributed by atoms with van der Waals surface area (Å²) in [4.78, 5) is 12.3. The first-order chi connectivity index (χ1) is 11.9. The van der Waals surface area contributed by atoms with Gasteiger partial charge in [0.15, 0.2) is 11.5 Å². The summed E-state index contributed by atoms with van der Waals surface area (Å²) in [5, 5.41) is 2.92. The Morgan fingerprint density at radius 2 is 1.76 bits per heavy atom. The average Bonchev–Trinajstić information content (AvgIpc) is 2.61. The predicted octanol–water partition coefficient (Wildman–Crippen LogP) is 1.82. The topological polar surface area (TPSA) is 93.7 Å². The summed E-state index contributed by atoms with van der Waals surface area (Å²) in [5.41, 5.74) is 0. The second-order valence-electron chi connectivity index (χ2n) is 6.20. The standard InChI is InChI=1S/C17H26N2O5S/c1-12(17(20)18-13-7-5-4-6-8-13)19-25(21,22)14-9-10-15(23-2)16(11-14)24-3/h9-13,19H,4-8H2,1-3H3,(H,18,20)/t12-/m0/s1. The van der Waals surface area contributed by atoms with E-state index in [0.717, 1.165) is 25.7 Å². The van der Waals surface area contributed by atoms with Crippen LogP contribution in [0.4, 0.5) is 0 Å². The fraction of sp³-hybridized carbons (Fsp3) is 0.588. The molecule has 1 aliphatic carbocycles. The van der Waals surface area contributed by atoms with Crippen molar-refractivity contribution in [3.8, 4) is 11.5 Å². The van der Waals surface area contributed by atoms with Crippen LogP contribution in [0.25, 0.3) is 0 Å². The van der Waals surface area contributed by atoms with Crippen LogP contribution < -0.4 is 19.5 Å². The van der Waals surface area contributed by atoms with Crippen molar-refractivity contribution in [2.45, 2.75) is 56.0 Å². The summed E-state index contributed by atoms with van der Waals surface area (Å²) < 4.78 is 37.7. The lowest BCUT2D eigenvalue weighted by Crippen LogP contribution is -2.48. The molecule has 0 radical (unpaired) electrons. The molecule has 1 saturated carbocycles. The smallest absolute Gasteiger partial charge is 0.241 e. The molecule has 2 rings (SSSR count). The number of amides is 1. The van der Waals surface area contributed by atoms with Gasteiger partial charge in [-0.05, 0) is 31.9 Å². The Balaban J connectivity index is 2.05. The number of ether oxygens (including phenoxy) is 2. The van der Waals surface area contributed by atoms with E-state index in [0.29, 0.717) is 11.5 Å². The van der Waals surface area contributed by atoms with Crippen molar-refractivity contribution in [1.82, 2.24) is 10.0 Å². The molecular formula is C17H26N2O5S. The Morgan fingerprint density at radius 1 is 1.12 bits per heavy atom. The molecule has 2 N–H and O–H groups in total. The van der Waals surface area contributed by atoms with Gasteiger partial charge in [-0.3, -0.25) is 4.79 Å². The number of nitrogens with one attached hydrogen (secondary N) is 2. The zero-order valence-electron chi connectivity index (χ0n) is 14.9. The minimum atomic E-state index is -3.85. The van der Waals surface area contributed by atoms with Gasteiger partial charge in [0, 0.05) is 12.1 Å². The van der Waals surface area contributed by atoms with E-state index in [2.05, 4.69) is 10.0 Å². The van der Waals surface area contributed by atoms with Crippen molar-refractivity contribution >= 4 is 15.9 Å². The summed E-state index contributed by atoms with van der Waals surface area (Å²) in [6, 6.07) is 3.57. The van der Waals surface area contributed by atoms with Crippen LogP contribution in [-0.2, 0) is 14.8 Å². The van der Waals surface area contributed by atoms with Crippen molar-refractivity contribution in [3.05, 3.63) is 18.2 Å². The molecule has 1 aliphatic rings. The monoisotopic (exact) mass is 370 g/mol. The van der Waals surface area contributed by atoms with Crippen molar-refractivity contribution in [3.63, 3.8) is 0 Å². The molecule has 25 heavy (non-hydrogen) atoms. The zero-order chi connectivity index (χ0) is 18.4. The average molecular weight is 370 g/mol. The number of carbonyl (C=O) groups excluding carboxylic acids is 1. The molecule has 1 atom stereocenters. The molecule has 1 amide bonds. The number of benzene rings is 1. The van der Waals surface area contributed by atoms with E-state index in [1.165, 1.54) is 45.8 Å². The third kappa shape index (κ3) is 5.09. The first-order valence-corrected chi connectivity index (χ1v) is 9.90. The lowest BCUT2D eigenvalue weighted by molar-refractivity contribution is -0.123. The van der Waals surface area contributed by atoms with Crippen LogP contribution in [0, 0.1) is 0 Å². The van der Waals surface area contributed by atoms with Gasteiger partial charge in [0.1, 0.15) is 0 Å². The maximum absolute atomic E-state index is 12.5. The molecule has 7 nitrogen and oxygen atoms in total. The van der Waals surface area contributed by atoms with E-state index >= 15 is 0 Å². The van der Waals surface area contributed by atoms with Gasteiger partial charge in [-0.25, -0.2) is 8.42 Å². The second-order valence-corrected chi connectivity index (χ2v) is 7.92. The Hall–Kier alpha value is -1.80. The van der Waals surface area contributed by atoms with Crippen molar-refractivity contribution in [1.29, 1.82) is 0 Å². The minimum absolute atomic E-state index is 0.0162. The third-order valence-corrected chi connectivity index (χ3v) is 5.88. The second kappa shape index (κ2) is 8.53. The largest absolute Gasteiger partial charge is 0.493 e. The number of hydrogen-bond donors (Lipinski definition) is 2. The molecule has 0 bridgehead atoms. The molecule has 1 aromatic carbocycles. The van der Waals surface area contributed by atoms with Gasteiger partial charge in [-0.15, -0.1) is 0 Å². The van der Waals surface area contributed by atoms with E-state index < -0.39 is 16.1 Å². The van der Waals surface area contributed by atoms with Crippen molar-refractivity contribution < 1.29 is 22.7 Å². The van der Waals surface area contributed by atoms with E-state index in [-0.39, 0.29) is 16.8 Å². The van der Waals surface area contributed by atoms with Gasteiger partial charge in [0.05, 0.1) is 25.2 Å². The van der Waals surface area contributed by atoms with Crippen LogP contribution in [-0.4, -0.2) is 40.6 Å². The minimum Gasteiger partial charge on any atom is -0.493 e. The van der Waals surface area contributed by atoms with Gasteiger partial charge in [0.25, 0.3) is 0 Å². The van der Waals surface area contributed by atoms with Crippen LogP contribution in [0.5, 0.6) is 11.5 Å². The molecular weight excluding hydrogens is 344 g/mol. The highest BCUT2D eigenvalue weighted by molar-refractivity contribution is 7.89. The van der Waals surface area contributed by atoms with Gasteiger partial charge in [-0.2, -0.15) is 4.72 Å². The molecule has 1 fully saturated rings. The summed E-state index contributed by atoms with van der Waals surface area (Å²) in [6.45, 7) is 1.54.